The van der Waals surface area contributed by atoms with E-state index in [9.17, 15) is 13.2 Å². The van der Waals surface area contributed by atoms with E-state index < -0.39 is 10.0 Å². The minimum Gasteiger partial charge on any atom is -0.489 e. The lowest BCUT2D eigenvalue weighted by Crippen LogP contribution is -2.43. The fourth-order valence-corrected chi connectivity index (χ4v) is 3.72. The van der Waals surface area contributed by atoms with Gasteiger partial charge in [0.2, 0.25) is 10.0 Å². The first-order valence-corrected chi connectivity index (χ1v) is 10.5. The molecule has 1 fully saturated rings. The quantitative estimate of drug-likeness (QED) is 0.710. The number of piperidine rings is 1. The predicted molar refractivity (Wildman–Crippen MR) is 103 cm³/mol. The van der Waals surface area contributed by atoms with E-state index in [1.807, 2.05) is 13.0 Å². The van der Waals surface area contributed by atoms with Gasteiger partial charge in [-0.1, -0.05) is 12.6 Å². The van der Waals surface area contributed by atoms with E-state index in [2.05, 4.69) is 17.2 Å². The highest BCUT2D eigenvalue weighted by molar-refractivity contribution is 7.88. The summed E-state index contributed by atoms with van der Waals surface area (Å²) in [7, 11) is -3.18. The van der Waals surface area contributed by atoms with Gasteiger partial charge in [-0.2, -0.15) is 0 Å². The standard InChI is InChI=1S/C18H27N3O4S/c1-14(2)13-25-17-8-4-7-16(10-17)20-18(22)19-11-15-6-5-9-21(12-15)26(3,23)24/h4,7-8,10,15H,1,5-6,9,11-13H2,2-3H3,(H2,19,20,22)/t15-/m0/s1. The molecule has 0 unspecified atom stereocenters. The molecule has 8 heteroatoms. The molecule has 0 spiro atoms. The van der Waals surface area contributed by atoms with E-state index in [1.54, 1.807) is 18.2 Å². The van der Waals surface area contributed by atoms with Gasteiger partial charge in [-0.25, -0.2) is 17.5 Å². The van der Waals surface area contributed by atoms with Crippen molar-refractivity contribution in [1.29, 1.82) is 0 Å². The molecule has 1 aromatic rings. The van der Waals surface area contributed by atoms with Crippen molar-refractivity contribution in [1.82, 2.24) is 9.62 Å². The van der Waals surface area contributed by atoms with Gasteiger partial charge in [0.1, 0.15) is 12.4 Å². The van der Waals surface area contributed by atoms with Crippen LogP contribution in [0.15, 0.2) is 36.4 Å². The van der Waals surface area contributed by atoms with Crippen LogP contribution >= 0.6 is 0 Å². The molecular formula is C18H27N3O4S. The average Bonchev–Trinajstić information content (AvgIpc) is 2.58. The van der Waals surface area contributed by atoms with Crippen LogP contribution in [0.25, 0.3) is 0 Å². The first-order chi connectivity index (χ1) is 12.2. The van der Waals surface area contributed by atoms with Crippen LogP contribution in [-0.2, 0) is 10.0 Å². The van der Waals surface area contributed by atoms with E-state index >= 15 is 0 Å². The number of hydrogen-bond donors (Lipinski definition) is 2. The van der Waals surface area contributed by atoms with Gasteiger partial charge in [0, 0.05) is 31.4 Å². The zero-order chi connectivity index (χ0) is 19.2. The molecule has 144 valence electrons. The summed E-state index contributed by atoms with van der Waals surface area (Å²) in [6.07, 6.45) is 2.93. The van der Waals surface area contributed by atoms with Gasteiger partial charge in [-0.15, -0.1) is 0 Å². The number of amides is 2. The van der Waals surface area contributed by atoms with Gasteiger partial charge in [-0.05, 0) is 43.4 Å². The Kier molecular flexibility index (Phi) is 7.05. The summed E-state index contributed by atoms with van der Waals surface area (Å²) in [6, 6.07) is 6.81. The second-order valence-electron chi connectivity index (χ2n) is 6.74. The highest BCUT2D eigenvalue weighted by Gasteiger charge is 2.25. The molecule has 1 atom stereocenters. The summed E-state index contributed by atoms with van der Waals surface area (Å²) in [6.45, 7) is 7.53. The third-order valence-electron chi connectivity index (χ3n) is 4.08. The van der Waals surface area contributed by atoms with Crippen molar-refractivity contribution in [3.05, 3.63) is 36.4 Å². The Balaban J connectivity index is 1.81. The van der Waals surface area contributed by atoms with Crippen molar-refractivity contribution >= 4 is 21.7 Å². The van der Waals surface area contributed by atoms with E-state index in [-0.39, 0.29) is 11.9 Å². The van der Waals surface area contributed by atoms with Crippen molar-refractivity contribution in [2.24, 2.45) is 5.92 Å². The topological polar surface area (TPSA) is 87.7 Å². The van der Waals surface area contributed by atoms with Crippen LogP contribution in [0, 0.1) is 5.92 Å². The number of sulfonamides is 1. The van der Waals surface area contributed by atoms with E-state index in [1.165, 1.54) is 10.6 Å². The Labute approximate surface area is 155 Å². The number of ether oxygens (including phenoxy) is 1. The van der Waals surface area contributed by atoms with Crippen molar-refractivity contribution < 1.29 is 17.9 Å². The lowest BCUT2D eigenvalue weighted by molar-refractivity contribution is 0.239. The lowest BCUT2D eigenvalue weighted by atomic mass is 10.00. The van der Waals surface area contributed by atoms with Crippen LogP contribution in [0.3, 0.4) is 0 Å². The maximum atomic E-state index is 12.1. The molecule has 1 aliphatic heterocycles. The second-order valence-corrected chi connectivity index (χ2v) is 8.72. The Morgan fingerprint density at radius 3 is 2.88 bits per heavy atom. The number of urea groups is 1. The summed E-state index contributed by atoms with van der Waals surface area (Å²) in [5.74, 6) is 0.774. The molecule has 0 radical (unpaired) electrons. The monoisotopic (exact) mass is 381 g/mol. The Hall–Kier alpha value is -2.06. The third kappa shape index (κ3) is 6.68. The largest absolute Gasteiger partial charge is 0.489 e. The molecule has 0 bridgehead atoms. The summed E-state index contributed by atoms with van der Waals surface area (Å²) in [4.78, 5) is 12.1. The highest BCUT2D eigenvalue weighted by atomic mass is 32.2. The number of nitrogens with zero attached hydrogens (tertiary/aromatic N) is 1. The predicted octanol–water partition coefficient (Wildman–Crippen LogP) is 2.43. The zero-order valence-electron chi connectivity index (χ0n) is 15.3. The first kappa shape index (κ1) is 20.3. The van der Waals surface area contributed by atoms with E-state index in [0.29, 0.717) is 37.7 Å². The molecule has 1 aromatic carbocycles. The molecule has 0 saturated carbocycles. The van der Waals surface area contributed by atoms with Gasteiger partial charge in [0.25, 0.3) is 0 Å². The Bertz CT molecular complexity index is 749. The molecule has 1 saturated heterocycles. The van der Waals surface area contributed by atoms with Crippen LogP contribution in [0.4, 0.5) is 10.5 Å². The smallest absolute Gasteiger partial charge is 0.319 e. The van der Waals surface area contributed by atoms with E-state index in [0.717, 1.165) is 18.4 Å². The molecule has 7 nitrogen and oxygen atoms in total. The van der Waals surface area contributed by atoms with Crippen molar-refractivity contribution in [3.8, 4) is 5.75 Å². The summed E-state index contributed by atoms with van der Waals surface area (Å²) in [5, 5.41) is 5.58. The molecule has 0 aliphatic carbocycles. The number of nitrogens with one attached hydrogen (secondary N) is 2. The van der Waals surface area contributed by atoms with Crippen LogP contribution in [-0.4, -0.2) is 51.3 Å². The molecule has 26 heavy (non-hydrogen) atoms. The van der Waals surface area contributed by atoms with Crippen LogP contribution in [0.2, 0.25) is 0 Å². The number of anilines is 1. The fraction of sp³-hybridized carbons (Fsp3) is 0.500. The Morgan fingerprint density at radius 2 is 2.19 bits per heavy atom. The molecule has 2 rings (SSSR count). The molecule has 1 aliphatic rings. The number of hydrogen-bond acceptors (Lipinski definition) is 4. The highest BCUT2D eigenvalue weighted by Crippen LogP contribution is 2.19. The third-order valence-corrected chi connectivity index (χ3v) is 5.35. The van der Waals surface area contributed by atoms with Crippen molar-refractivity contribution in [2.75, 3.05) is 37.8 Å². The number of benzene rings is 1. The zero-order valence-corrected chi connectivity index (χ0v) is 16.1. The molecule has 2 N–H and O–H groups in total. The fourth-order valence-electron chi connectivity index (χ4n) is 2.78. The van der Waals surface area contributed by atoms with Gasteiger partial charge >= 0.3 is 6.03 Å². The first-order valence-electron chi connectivity index (χ1n) is 8.61. The van der Waals surface area contributed by atoms with E-state index in [4.69, 9.17) is 4.74 Å². The van der Waals surface area contributed by atoms with Gasteiger partial charge in [-0.3, -0.25) is 0 Å². The van der Waals surface area contributed by atoms with Crippen LogP contribution in [0.5, 0.6) is 5.75 Å². The number of rotatable bonds is 7. The van der Waals surface area contributed by atoms with Gasteiger partial charge in [0.05, 0.1) is 6.26 Å². The molecule has 1 heterocycles. The normalized spacial score (nSPS) is 18.2. The maximum Gasteiger partial charge on any atom is 0.319 e. The van der Waals surface area contributed by atoms with Crippen LogP contribution in [0.1, 0.15) is 19.8 Å². The number of carbonyl (C=O) groups is 1. The van der Waals surface area contributed by atoms with Crippen molar-refractivity contribution in [3.63, 3.8) is 0 Å². The summed E-state index contributed by atoms with van der Waals surface area (Å²) in [5.41, 5.74) is 1.54. The summed E-state index contributed by atoms with van der Waals surface area (Å²) >= 11 is 0. The minimum atomic E-state index is -3.18. The molecule has 2 amide bonds. The van der Waals surface area contributed by atoms with Gasteiger partial charge in [0.15, 0.2) is 0 Å². The lowest BCUT2D eigenvalue weighted by Gasteiger charge is -2.30. The average molecular weight is 381 g/mol. The SMILES string of the molecule is C=C(C)COc1cccc(NC(=O)NC[C@@H]2CCCN(S(C)(=O)=O)C2)c1. The Morgan fingerprint density at radius 1 is 1.42 bits per heavy atom. The maximum absolute atomic E-state index is 12.1. The van der Waals surface area contributed by atoms with Crippen LogP contribution < -0.4 is 15.4 Å². The molecule has 0 aromatic heterocycles. The van der Waals surface area contributed by atoms with Gasteiger partial charge < -0.3 is 15.4 Å². The minimum absolute atomic E-state index is 0.120. The van der Waals surface area contributed by atoms with Crippen molar-refractivity contribution in [2.45, 2.75) is 19.8 Å². The second kappa shape index (κ2) is 9.05. The summed E-state index contributed by atoms with van der Waals surface area (Å²) < 4.78 is 30.3. The molecular weight excluding hydrogens is 354 g/mol. The number of carbonyl (C=O) groups excluding carboxylic acids is 1.